The number of likely N-dealkylation sites (tertiary alicyclic amines) is 1. The maximum atomic E-state index is 13.7. The smallest absolute Gasteiger partial charge is 0.385 e. The third-order valence-corrected chi connectivity index (χ3v) is 7.08. The van der Waals surface area contributed by atoms with Crippen molar-refractivity contribution in [2.75, 3.05) is 56.8 Å². The molecule has 2 saturated heterocycles. The minimum atomic E-state index is -4.52. The summed E-state index contributed by atoms with van der Waals surface area (Å²) in [6.45, 7) is 1.54. The number of hydrogen-bond donors (Lipinski definition) is 2. The number of methoxy groups -OCH3 is 1. The van der Waals surface area contributed by atoms with Crippen LogP contribution in [0.5, 0.6) is 0 Å². The van der Waals surface area contributed by atoms with Gasteiger partial charge >= 0.3 is 12.2 Å². The summed E-state index contributed by atoms with van der Waals surface area (Å²) in [6.07, 6.45) is -3.24. The van der Waals surface area contributed by atoms with Crippen LogP contribution in [0.1, 0.15) is 24.8 Å². The number of amides is 4. The number of anilines is 2. The van der Waals surface area contributed by atoms with Crippen molar-refractivity contribution in [2.24, 2.45) is 0 Å². The molecule has 4 rings (SSSR count). The molecule has 0 bridgehead atoms. The van der Waals surface area contributed by atoms with Gasteiger partial charge < -0.3 is 30.1 Å². The van der Waals surface area contributed by atoms with Gasteiger partial charge in [-0.3, -0.25) is 9.59 Å². The first-order valence-corrected chi connectivity index (χ1v) is 12.7. The number of benzene rings is 2. The molecule has 0 atom stereocenters. The highest BCUT2D eigenvalue weighted by Crippen LogP contribution is 2.39. The molecule has 2 aromatic carbocycles. The maximum Gasteiger partial charge on any atom is 0.416 e. The van der Waals surface area contributed by atoms with E-state index in [1.54, 1.807) is 7.11 Å². The largest absolute Gasteiger partial charge is 0.416 e. The third kappa shape index (κ3) is 6.44. The fourth-order valence-electron chi connectivity index (χ4n) is 5.05. The summed E-state index contributed by atoms with van der Waals surface area (Å²) in [4.78, 5) is 44.1. The molecule has 39 heavy (non-hydrogen) atoms. The second-order valence-corrected chi connectivity index (χ2v) is 9.63. The summed E-state index contributed by atoms with van der Waals surface area (Å²) >= 11 is 0. The van der Waals surface area contributed by atoms with Crippen molar-refractivity contribution in [1.29, 1.82) is 0 Å². The lowest BCUT2D eigenvalue weighted by atomic mass is 9.85. The molecule has 0 radical (unpaired) electrons. The molecular formula is C27H32F3N5O4. The molecule has 210 valence electrons. The zero-order valence-corrected chi connectivity index (χ0v) is 21.7. The first-order chi connectivity index (χ1) is 18.6. The monoisotopic (exact) mass is 547 g/mol. The molecule has 2 aliphatic rings. The Morgan fingerprint density at radius 2 is 1.77 bits per heavy atom. The van der Waals surface area contributed by atoms with Crippen LogP contribution in [-0.4, -0.2) is 79.7 Å². The fraction of sp³-hybridized carbons (Fsp3) is 0.444. The quantitative estimate of drug-likeness (QED) is 0.494. The number of para-hydroxylation sites is 1. The van der Waals surface area contributed by atoms with Crippen LogP contribution >= 0.6 is 0 Å². The Balaban J connectivity index is 1.44. The molecule has 0 aromatic heterocycles. The molecule has 0 unspecified atom stereocenters. The Kier molecular flexibility index (Phi) is 8.63. The van der Waals surface area contributed by atoms with Gasteiger partial charge in [0.2, 0.25) is 5.91 Å². The topological polar surface area (TPSA) is 94.2 Å². The van der Waals surface area contributed by atoms with Crippen molar-refractivity contribution in [1.82, 2.24) is 15.1 Å². The van der Waals surface area contributed by atoms with Gasteiger partial charge in [-0.1, -0.05) is 24.3 Å². The van der Waals surface area contributed by atoms with Crippen LogP contribution in [0.15, 0.2) is 54.6 Å². The van der Waals surface area contributed by atoms with Crippen LogP contribution in [-0.2, 0) is 20.5 Å². The van der Waals surface area contributed by atoms with Crippen LogP contribution < -0.4 is 15.5 Å². The molecule has 1 spiro atoms. The van der Waals surface area contributed by atoms with Crippen molar-refractivity contribution < 1.29 is 32.3 Å². The summed E-state index contributed by atoms with van der Waals surface area (Å²) in [5.41, 5.74) is -0.919. The molecule has 2 fully saturated rings. The van der Waals surface area contributed by atoms with Crippen molar-refractivity contribution in [3.63, 3.8) is 0 Å². The van der Waals surface area contributed by atoms with Gasteiger partial charge in [0.25, 0.3) is 5.91 Å². The van der Waals surface area contributed by atoms with Gasteiger partial charge in [-0.25, -0.2) is 4.79 Å². The van der Waals surface area contributed by atoms with E-state index in [1.165, 1.54) is 21.9 Å². The lowest BCUT2D eigenvalue weighted by Gasteiger charge is -2.43. The van der Waals surface area contributed by atoms with Crippen molar-refractivity contribution in [3.05, 3.63) is 60.2 Å². The molecule has 2 aliphatic heterocycles. The van der Waals surface area contributed by atoms with Crippen molar-refractivity contribution in [2.45, 2.75) is 31.0 Å². The molecule has 2 aromatic rings. The van der Waals surface area contributed by atoms with Gasteiger partial charge in [-0.05, 0) is 49.6 Å². The third-order valence-electron chi connectivity index (χ3n) is 7.08. The van der Waals surface area contributed by atoms with Crippen molar-refractivity contribution >= 4 is 29.2 Å². The Morgan fingerprint density at radius 3 is 2.44 bits per heavy atom. The van der Waals surface area contributed by atoms with Gasteiger partial charge in [-0.2, -0.15) is 13.2 Å². The second kappa shape index (κ2) is 11.9. The van der Waals surface area contributed by atoms with Crippen LogP contribution in [0.3, 0.4) is 0 Å². The van der Waals surface area contributed by atoms with E-state index in [4.69, 9.17) is 4.74 Å². The van der Waals surface area contributed by atoms with Gasteiger partial charge in [-0.15, -0.1) is 0 Å². The van der Waals surface area contributed by atoms with Crippen molar-refractivity contribution in [3.8, 4) is 0 Å². The molecule has 9 nitrogen and oxygen atoms in total. The van der Waals surface area contributed by atoms with Gasteiger partial charge in [0.1, 0.15) is 12.1 Å². The minimum Gasteiger partial charge on any atom is -0.385 e. The number of carbonyl (C=O) groups excluding carboxylic acids is 3. The number of nitrogens with zero attached hydrogens (tertiary/aromatic N) is 3. The van der Waals surface area contributed by atoms with Gasteiger partial charge in [0, 0.05) is 44.7 Å². The molecule has 2 N–H and O–H groups in total. The Morgan fingerprint density at radius 1 is 1.05 bits per heavy atom. The maximum absolute atomic E-state index is 13.7. The normalized spacial score (nSPS) is 17.0. The zero-order valence-electron chi connectivity index (χ0n) is 21.7. The molecule has 0 aliphatic carbocycles. The second-order valence-electron chi connectivity index (χ2n) is 9.63. The van der Waals surface area contributed by atoms with E-state index < -0.39 is 23.3 Å². The van der Waals surface area contributed by atoms with Gasteiger partial charge in [0.15, 0.2) is 0 Å². The molecule has 2 heterocycles. The molecular weight excluding hydrogens is 515 g/mol. The summed E-state index contributed by atoms with van der Waals surface area (Å²) < 4.78 is 44.1. The standard InChI is InChI=1S/C27H32F3N5O4/c1-39-16-6-13-31-23(36)18-34-19-35(22-9-3-2-4-10-22)26(24(34)37)11-14-33(15-12-26)25(38)32-21-8-5-7-20(17-21)27(28,29)30/h2-5,7-10,17H,6,11-16,18-19H2,1H3,(H,31,36)(H,32,38). The first kappa shape index (κ1) is 28.2. The SMILES string of the molecule is COCCCNC(=O)CN1CN(c2ccccc2)C2(CCN(C(=O)Nc3cccc(C(F)(F)F)c3)CC2)C1=O. The summed E-state index contributed by atoms with van der Waals surface area (Å²) in [7, 11) is 1.59. The van der Waals surface area contributed by atoms with Gasteiger partial charge in [0.05, 0.1) is 12.2 Å². The van der Waals surface area contributed by atoms with Crippen LogP contribution in [0, 0.1) is 0 Å². The van der Waals surface area contributed by atoms with E-state index in [2.05, 4.69) is 10.6 Å². The van der Waals surface area contributed by atoms with E-state index in [-0.39, 0.29) is 43.8 Å². The number of halogens is 3. The van der Waals surface area contributed by atoms with E-state index >= 15 is 0 Å². The number of hydrogen-bond acceptors (Lipinski definition) is 5. The van der Waals surface area contributed by atoms with E-state index in [9.17, 15) is 27.6 Å². The summed E-state index contributed by atoms with van der Waals surface area (Å²) in [5.74, 6) is -0.446. The molecule has 4 amide bonds. The van der Waals surface area contributed by atoms with E-state index in [0.717, 1.165) is 17.8 Å². The number of ether oxygens (including phenoxy) is 1. The average Bonchev–Trinajstić information content (AvgIpc) is 3.17. The number of urea groups is 1. The Hall–Kier alpha value is -3.80. The highest BCUT2D eigenvalue weighted by molar-refractivity contribution is 5.97. The number of carbonyl (C=O) groups is 3. The van der Waals surface area contributed by atoms with Crippen LogP contribution in [0.2, 0.25) is 0 Å². The van der Waals surface area contributed by atoms with Crippen LogP contribution in [0.4, 0.5) is 29.3 Å². The summed E-state index contributed by atoms with van der Waals surface area (Å²) in [5, 5.41) is 5.34. The number of alkyl halides is 3. The van der Waals surface area contributed by atoms with E-state index in [0.29, 0.717) is 32.4 Å². The minimum absolute atomic E-state index is 0.0423. The average molecular weight is 548 g/mol. The Labute approximate surface area is 224 Å². The lowest BCUT2D eigenvalue weighted by molar-refractivity contribution is -0.137. The Bertz CT molecular complexity index is 1170. The molecule has 12 heteroatoms. The number of piperidine rings is 1. The number of rotatable bonds is 8. The lowest BCUT2D eigenvalue weighted by Crippen LogP contribution is -2.58. The van der Waals surface area contributed by atoms with Crippen LogP contribution in [0.25, 0.3) is 0 Å². The predicted molar refractivity (Wildman–Crippen MR) is 139 cm³/mol. The zero-order chi connectivity index (χ0) is 28.0. The fourth-order valence-corrected chi connectivity index (χ4v) is 5.05. The highest BCUT2D eigenvalue weighted by atomic mass is 19.4. The summed E-state index contributed by atoms with van der Waals surface area (Å²) in [6, 6.07) is 13.3. The first-order valence-electron chi connectivity index (χ1n) is 12.7. The number of nitrogens with one attached hydrogen (secondary N) is 2. The van der Waals surface area contributed by atoms with E-state index in [1.807, 2.05) is 35.2 Å². The molecule has 0 saturated carbocycles. The predicted octanol–water partition coefficient (Wildman–Crippen LogP) is 3.53. The highest BCUT2D eigenvalue weighted by Gasteiger charge is 2.54.